The molecule has 0 aromatic heterocycles. The summed E-state index contributed by atoms with van der Waals surface area (Å²) in [5.41, 5.74) is 11.3. The summed E-state index contributed by atoms with van der Waals surface area (Å²) in [6.45, 7) is 15.7. The molecule has 1 atom stereocenters. The van der Waals surface area contributed by atoms with E-state index in [2.05, 4.69) is 30.6 Å². The van der Waals surface area contributed by atoms with E-state index in [0.717, 1.165) is 44.9 Å². The SMILES string of the molecule is CCCCN(CCCN)CCC(CC)CCN(CC)CCCN. The van der Waals surface area contributed by atoms with Crippen LogP contribution in [0.15, 0.2) is 0 Å². The lowest BCUT2D eigenvalue weighted by Crippen LogP contribution is -2.31. The Morgan fingerprint density at radius 1 is 0.696 bits per heavy atom. The maximum Gasteiger partial charge on any atom is -0.000672 e. The van der Waals surface area contributed by atoms with E-state index in [4.69, 9.17) is 11.5 Å². The molecular weight excluding hydrogens is 284 g/mol. The third-order valence-corrected chi connectivity index (χ3v) is 4.92. The van der Waals surface area contributed by atoms with Crippen molar-refractivity contribution in [3.05, 3.63) is 0 Å². The van der Waals surface area contributed by atoms with Gasteiger partial charge in [-0.1, -0.05) is 33.6 Å². The van der Waals surface area contributed by atoms with E-state index in [9.17, 15) is 0 Å². The van der Waals surface area contributed by atoms with Gasteiger partial charge in [0.25, 0.3) is 0 Å². The van der Waals surface area contributed by atoms with Gasteiger partial charge in [0.1, 0.15) is 0 Å². The van der Waals surface area contributed by atoms with Crippen molar-refractivity contribution >= 4 is 0 Å². The van der Waals surface area contributed by atoms with Crippen LogP contribution in [0.5, 0.6) is 0 Å². The van der Waals surface area contributed by atoms with Gasteiger partial charge >= 0.3 is 0 Å². The van der Waals surface area contributed by atoms with Crippen LogP contribution in [-0.4, -0.2) is 62.2 Å². The molecule has 0 aromatic carbocycles. The number of hydrogen-bond acceptors (Lipinski definition) is 4. The molecule has 1 unspecified atom stereocenters. The van der Waals surface area contributed by atoms with Gasteiger partial charge in [-0.05, 0) is 90.4 Å². The highest BCUT2D eigenvalue weighted by molar-refractivity contribution is 4.67. The monoisotopic (exact) mass is 328 g/mol. The Hall–Kier alpha value is -0.160. The molecule has 0 aliphatic heterocycles. The molecule has 23 heavy (non-hydrogen) atoms. The van der Waals surface area contributed by atoms with Crippen molar-refractivity contribution in [3.8, 4) is 0 Å². The first-order valence-corrected chi connectivity index (χ1v) is 10.1. The number of rotatable bonds is 17. The molecule has 0 heterocycles. The van der Waals surface area contributed by atoms with E-state index in [-0.39, 0.29) is 0 Å². The zero-order valence-electron chi connectivity index (χ0n) is 16.2. The topological polar surface area (TPSA) is 58.5 Å². The summed E-state index contributed by atoms with van der Waals surface area (Å²) in [6.07, 6.45) is 8.80. The molecule has 140 valence electrons. The van der Waals surface area contributed by atoms with Crippen LogP contribution in [0.25, 0.3) is 0 Å². The molecule has 0 rings (SSSR count). The first kappa shape index (κ1) is 22.8. The van der Waals surface area contributed by atoms with E-state index in [1.165, 1.54) is 58.3 Å². The molecule has 0 aliphatic rings. The van der Waals surface area contributed by atoms with Gasteiger partial charge in [0, 0.05) is 0 Å². The van der Waals surface area contributed by atoms with E-state index < -0.39 is 0 Å². The Kier molecular flexibility index (Phi) is 16.6. The molecule has 0 saturated carbocycles. The Bertz CT molecular complexity index is 227. The average Bonchev–Trinajstić information content (AvgIpc) is 2.58. The minimum Gasteiger partial charge on any atom is -0.330 e. The third kappa shape index (κ3) is 12.9. The van der Waals surface area contributed by atoms with Gasteiger partial charge in [-0.25, -0.2) is 0 Å². The molecule has 4 heteroatoms. The van der Waals surface area contributed by atoms with Gasteiger partial charge in [-0.2, -0.15) is 0 Å². The van der Waals surface area contributed by atoms with E-state index >= 15 is 0 Å². The molecule has 0 amide bonds. The van der Waals surface area contributed by atoms with Gasteiger partial charge in [0.2, 0.25) is 0 Å². The zero-order valence-corrected chi connectivity index (χ0v) is 16.2. The molecule has 4 nitrogen and oxygen atoms in total. The predicted molar refractivity (Wildman–Crippen MR) is 104 cm³/mol. The smallest absolute Gasteiger partial charge is 0.000672 e. The van der Waals surface area contributed by atoms with Gasteiger partial charge in [-0.3, -0.25) is 0 Å². The molecule has 0 spiro atoms. The number of nitrogens with zero attached hydrogens (tertiary/aromatic N) is 2. The van der Waals surface area contributed by atoms with Crippen LogP contribution >= 0.6 is 0 Å². The molecule has 0 fully saturated rings. The molecule has 0 saturated heterocycles. The highest BCUT2D eigenvalue weighted by Crippen LogP contribution is 2.15. The number of hydrogen-bond donors (Lipinski definition) is 2. The van der Waals surface area contributed by atoms with Crippen LogP contribution in [0, 0.1) is 5.92 Å². The summed E-state index contributed by atoms with van der Waals surface area (Å²) in [4.78, 5) is 5.18. The van der Waals surface area contributed by atoms with E-state index in [1.807, 2.05) is 0 Å². The van der Waals surface area contributed by atoms with Crippen molar-refractivity contribution < 1.29 is 0 Å². The maximum absolute atomic E-state index is 5.68. The van der Waals surface area contributed by atoms with E-state index in [1.54, 1.807) is 0 Å². The minimum atomic E-state index is 0.807. The molecular formula is C19H44N4. The van der Waals surface area contributed by atoms with E-state index in [0.29, 0.717) is 0 Å². The van der Waals surface area contributed by atoms with Gasteiger partial charge < -0.3 is 21.3 Å². The Balaban J connectivity index is 4.11. The standard InChI is InChI=1S/C19H44N4/c1-4-7-14-23(16-9-13-21)18-11-19(5-2)10-17-22(6-3)15-8-12-20/h19H,4-18,20-21H2,1-3H3. The lowest BCUT2D eigenvalue weighted by Gasteiger charge is -2.26. The third-order valence-electron chi connectivity index (χ3n) is 4.92. The van der Waals surface area contributed by atoms with Crippen LogP contribution in [0.1, 0.15) is 65.7 Å². The second-order valence-corrected chi connectivity index (χ2v) is 6.77. The van der Waals surface area contributed by atoms with Crippen LogP contribution in [0.3, 0.4) is 0 Å². The Morgan fingerprint density at radius 2 is 1.22 bits per heavy atom. The summed E-state index contributed by atoms with van der Waals surface area (Å²) < 4.78 is 0. The molecule has 0 bridgehead atoms. The normalized spacial score (nSPS) is 13.2. The minimum absolute atomic E-state index is 0.807. The van der Waals surface area contributed by atoms with Gasteiger partial charge in [0.15, 0.2) is 0 Å². The van der Waals surface area contributed by atoms with Crippen LogP contribution < -0.4 is 11.5 Å². The fraction of sp³-hybridized carbons (Fsp3) is 1.00. The number of unbranched alkanes of at least 4 members (excludes halogenated alkanes) is 1. The van der Waals surface area contributed by atoms with Gasteiger partial charge in [0.05, 0.1) is 0 Å². The molecule has 0 aliphatic carbocycles. The van der Waals surface area contributed by atoms with Crippen molar-refractivity contribution in [1.82, 2.24) is 9.80 Å². The summed E-state index contributed by atoms with van der Waals surface area (Å²) in [5.74, 6) is 0.851. The summed E-state index contributed by atoms with van der Waals surface area (Å²) in [6, 6.07) is 0. The number of nitrogens with two attached hydrogens (primary N) is 2. The lowest BCUT2D eigenvalue weighted by molar-refractivity contribution is 0.220. The summed E-state index contributed by atoms with van der Waals surface area (Å²) in [7, 11) is 0. The van der Waals surface area contributed by atoms with Crippen molar-refractivity contribution in [3.63, 3.8) is 0 Å². The lowest BCUT2D eigenvalue weighted by atomic mass is 9.97. The van der Waals surface area contributed by atoms with Gasteiger partial charge in [-0.15, -0.1) is 0 Å². The first-order chi connectivity index (χ1) is 11.2. The molecule has 0 aromatic rings. The van der Waals surface area contributed by atoms with Crippen LogP contribution in [0.2, 0.25) is 0 Å². The van der Waals surface area contributed by atoms with Crippen molar-refractivity contribution in [1.29, 1.82) is 0 Å². The predicted octanol–water partition coefficient (Wildman–Crippen LogP) is 2.91. The van der Waals surface area contributed by atoms with Crippen molar-refractivity contribution in [2.45, 2.75) is 65.7 Å². The van der Waals surface area contributed by atoms with Crippen molar-refractivity contribution in [2.75, 3.05) is 52.4 Å². The van der Waals surface area contributed by atoms with Crippen molar-refractivity contribution in [2.24, 2.45) is 17.4 Å². The van der Waals surface area contributed by atoms with Crippen LogP contribution in [-0.2, 0) is 0 Å². The molecule has 4 N–H and O–H groups in total. The largest absolute Gasteiger partial charge is 0.330 e. The quantitative estimate of drug-likeness (QED) is 0.431. The Labute approximate surface area is 146 Å². The Morgan fingerprint density at radius 3 is 1.70 bits per heavy atom. The summed E-state index contributed by atoms with van der Waals surface area (Å²) >= 11 is 0. The maximum atomic E-state index is 5.68. The second-order valence-electron chi connectivity index (χ2n) is 6.77. The fourth-order valence-corrected chi connectivity index (χ4v) is 3.06. The fourth-order valence-electron chi connectivity index (χ4n) is 3.06. The zero-order chi connectivity index (χ0) is 17.3. The highest BCUT2D eigenvalue weighted by atomic mass is 15.1. The highest BCUT2D eigenvalue weighted by Gasteiger charge is 2.12. The second kappa shape index (κ2) is 16.7. The summed E-state index contributed by atoms with van der Waals surface area (Å²) in [5, 5.41) is 0. The van der Waals surface area contributed by atoms with Crippen LogP contribution in [0.4, 0.5) is 0 Å². The average molecular weight is 329 g/mol. The first-order valence-electron chi connectivity index (χ1n) is 10.1. The molecule has 0 radical (unpaired) electrons.